The maximum atomic E-state index is 12.6. The predicted molar refractivity (Wildman–Crippen MR) is 104 cm³/mol. The Balaban J connectivity index is 0.00000225. The van der Waals surface area contributed by atoms with Gasteiger partial charge in [0.1, 0.15) is 0 Å². The van der Waals surface area contributed by atoms with Gasteiger partial charge >= 0.3 is 0 Å². The van der Waals surface area contributed by atoms with Crippen LogP contribution in [0.25, 0.3) is 0 Å². The molecule has 1 heterocycles. The Kier molecular flexibility index (Phi) is 6.99. The van der Waals surface area contributed by atoms with Crippen molar-refractivity contribution in [1.82, 2.24) is 5.32 Å². The van der Waals surface area contributed by atoms with Gasteiger partial charge in [-0.1, -0.05) is 18.6 Å². The third-order valence-corrected chi connectivity index (χ3v) is 5.16. The van der Waals surface area contributed by atoms with Crippen molar-refractivity contribution in [2.45, 2.75) is 25.3 Å². The number of anilines is 1. The minimum Gasteiger partial charge on any atom is -0.349 e. The number of carbonyl (C=O) groups is 2. The molecule has 0 saturated heterocycles. The van der Waals surface area contributed by atoms with Gasteiger partial charge in [0.25, 0.3) is 11.8 Å². The summed E-state index contributed by atoms with van der Waals surface area (Å²) in [5.74, 6) is -0.0414. The first-order chi connectivity index (χ1) is 11.7. The van der Waals surface area contributed by atoms with Crippen LogP contribution in [0.2, 0.25) is 0 Å². The number of amides is 2. The molecule has 3 rings (SSSR count). The van der Waals surface area contributed by atoms with E-state index in [9.17, 15) is 9.59 Å². The van der Waals surface area contributed by atoms with Crippen LogP contribution in [0.5, 0.6) is 0 Å². The molecule has 0 spiro atoms. The van der Waals surface area contributed by atoms with E-state index < -0.39 is 0 Å². The first-order valence-corrected chi connectivity index (χ1v) is 9.07. The quantitative estimate of drug-likeness (QED) is 0.745. The number of thiophene rings is 1. The van der Waals surface area contributed by atoms with Crippen LogP contribution >= 0.6 is 23.7 Å². The van der Waals surface area contributed by atoms with Gasteiger partial charge in [-0.3, -0.25) is 9.59 Å². The van der Waals surface area contributed by atoms with Gasteiger partial charge in [-0.05, 0) is 48.9 Å². The first kappa shape index (κ1) is 19.4. The second-order valence-corrected chi connectivity index (χ2v) is 6.80. The zero-order valence-electron chi connectivity index (χ0n) is 13.7. The van der Waals surface area contributed by atoms with Crippen molar-refractivity contribution in [3.05, 3.63) is 52.2 Å². The summed E-state index contributed by atoms with van der Waals surface area (Å²) >= 11 is 1.46. The summed E-state index contributed by atoms with van der Waals surface area (Å²) in [6, 6.07) is 8.94. The molecule has 2 amide bonds. The van der Waals surface area contributed by atoms with E-state index in [1.807, 2.05) is 5.38 Å². The molecule has 0 bridgehead atoms. The lowest BCUT2D eigenvalue weighted by molar-refractivity contribution is 0.0929. The summed E-state index contributed by atoms with van der Waals surface area (Å²) in [5.41, 5.74) is 7.37. The van der Waals surface area contributed by atoms with E-state index in [1.165, 1.54) is 11.3 Å². The van der Waals surface area contributed by atoms with Crippen LogP contribution in [-0.4, -0.2) is 24.4 Å². The molecule has 1 aromatic carbocycles. The van der Waals surface area contributed by atoms with Crippen molar-refractivity contribution in [2.75, 3.05) is 11.9 Å². The summed E-state index contributed by atoms with van der Waals surface area (Å²) in [4.78, 5) is 24.9. The molecule has 2 aromatic rings. The number of hydrogen-bond donors (Lipinski definition) is 3. The van der Waals surface area contributed by atoms with Crippen LogP contribution in [0.1, 0.15) is 40.0 Å². The van der Waals surface area contributed by atoms with E-state index in [0.29, 0.717) is 29.3 Å². The van der Waals surface area contributed by atoms with Crippen molar-refractivity contribution < 1.29 is 9.59 Å². The molecule has 0 radical (unpaired) electrons. The van der Waals surface area contributed by atoms with Crippen LogP contribution < -0.4 is 16.4 Å². The van der Waals surface area contributed by atoms with Crippen LogP contribution in [0.4, 0.5) is 5.69 Å². The highest BCUT2D eigenvalue weighted by Gasteiger charge is 2.28. The van der Waals surface area contributed by atoms with Crippen molar-refractivity contribution in [2.24, 2.45) is 11.7 Å². The third-order valence-electron chi connectivity index (χ3n) is 4.48. The first-order valence-electron chi connectivity index (χ1n) is 8.12. The molecule has 25 heavy (non-hydrogen) atoms. The molecule has 2 atom stereocenters. The summed E-state index contributed by atoms with van der Waals surface area (Å²) in [5, 5.41) is 9.53. The third kappa shape index (κ3) is 4.60. The zero-order chi connectivity index (χ0) is 16.9. The molecule has 1 fully saturated rings. The van der Waals surface area contributed by atoms with E-state index in [-0.39, 0.29) is 30.3 Å². The highest BCUT2D eigenvalue weighted by atomic mass is 35.5. The molecule has 7 heteroatoms. The van der Waals surface area contributed by atoms with Gasteiger partial charge in [-0.25, -0.2) is 0 Å². The highest BCUT2D eigenvalue weighted by Crippen LogP contribution is 2.25. The molecule has 5 nitrogen and oxygen atoms in total. The van der Waals surface area contributed by atoms with E-state index >= 15 is 0 Å². The van der Waals surface area contributed by atoms with Crippen molar-refractivity contribution >= 4 is 41.2 Å². The van der Waals surface area contributed by atoms with Crippen molar-refractivity contribution in [3.63, 3.8) is 0 Å². The van der Waals surface area contributed by atoms with Gasteiger partial charge in [0.05, 0.1) is 16.8 Å². The Morgan fingerprint density at radius 2 is 1.96 bits per heavy atom. The minimum absolute atomic E-state index is 0. The summed E-state index contributed by atoms with van der Waals surface area (Å²) in [7, 11) is 0. The largest absolute Gasteiger partial charge is 0.349 e. The Morgan fingerprint density at radius 3 is 2.68 bits per heavy atom. The number of rotatable bonds is 5. The van der Waals surface area contributed by atoms with Crippen molar-refractivity contribution in [3.8, 4) is 0 Å². The van der Waals surface area contributed by atoms with Gasteiger partial charge in [0, 0.05) is 11.4 Å². The fourth-order valence-corrected chi connectivity index (χ4v) is 3.77. The smallest absolute Gasteiger partial charge is 0.256 e. The fraction of sp³-hybridized carbons (Fsp3) is 0.333. The molecule has 0 aliphatic heterocycles. The lowest BCUT2D eigenvalue weighted by Crippen LogP contribution is -2.40. The van der Waals surface area contributed by atoms with Crippen LogP contribution in [0, 0.1) is 5.92 Å². The Bertz CT molecular complexity index is 721. The summed E-state index contributed by atoms with van der Waals surface area (Å²) < 4.78 is 0. The number of nitrogens with two attached hydrogens (primary N) is 1. The van der Waals surface area contributed by atoms with Crippen LogP contribution in [0.3, 0.4) is 0 Å². The van der Waals surface area contributed by atoms with E-state index in [4.69, 9.17) is 5.73 Å². The van der Waals surface area contributed by atoms with Gasteiger partial charge < -0.3 is 16.4 Å². The lowest BCUT2D eigenvalue weighted by atomic mass is 10.0. The van der Waals surface area contributed by atoms with Gasteiger partial charge in [0.15, 0.2) is 0 Å². The lowest BCUT2D eigenvalue weighted by Gasteiger charge is -2.20. The molecule has 134 valence electrons. The van der Waals surface area contributed by atoms with Crippen molar-refractivity contribution in [1.29, 1.82) is 0 Å². The molecule has 4 N–H and O–H groups in total. The molecule has 1 aliphatic carbocycles. The van der Waals surface area contributed by atoms with E-state index in [2.05, 4.69) is 10.6 Å². The van der Waals surface area contributed by atoms with Gasteiger partial charge in [0.2, 0.25) is 0 Å². The van der Waals surface area contributed by atoms with E-state index in [0.717, 1.165) is 19.3 Å². The normalized spacial score (nSPS) is 19.1. The predicted octanol–water partition coefficient (Wildman–Crippen LogP) is 3.28. The number of nitrogens with one attached hydrogen (secondary N) is 2. The molecule has 1 aromatic heterocycles. The second kappa shape index (κ2) is 8.99. The number of benzene rings is 1. The van der Waals surface area contributed by atoms with Gasteiger partial charge in [-0.15, -0.1) is 12.4 Å². The zero-order valence-corrected chi connectivity index (χ0v) is 15.4. The van der Waals surface area contributed by atoms with Crippen LogP contribution in [-0.2, 0) is 0 Å². The maximum absolute atomic E-state index is 12.6. The molecular formula is C18H22ClN3O2S. The van der Waals surface area contributed by atoms with Crippen LogP contribution in [0.15, 0.2) is 41.1 Å². The molecular weight excluding hydrogens is 358 g/mol. The second-order valence-electron chi connectivity index (χ2n) is 6.02. The average molecular weight is 380 g/mol. The summed E-state index contributed by atoms with van der Waals surface area (Å²) in [6.45, 7) is 0.585. The average Bonchev–Trinajstić information content (AvgIpc) is 3.26. The van der Waals surface area contributed by atoms with Gasteiger partial charge in [-0.2, -0.15) is 11.3 Å². The topological polar surface area (TPSA) is 84.2 Å². The van der Waals surface area contributed by atoms with E-state index in [1.54, 1.807) is 35.7 Å². The minimum atomic E-state index is -0.211. The number of para-hydroxylation sites is 1. The Morgan fingerprint density at radius 1 is 1.16 bits per heavy atom. The number of halogens is 1. The highest BCUT2D eigenvalue weighted by molar-refractivity contribution is 7.08. The molecule has 2 unspecified atom stereocenters. The Hall–Kier alpha value is -1.89. The number of carbonyl (C=O) groups excluding carboxylic acids is 2. The standard InChI is InChI=1S/C18H21N3O2S.ClH/c19-10-12-4-3-7-15(12)20-18(23)14-5-1-2-6-16(14)21-17(22)13-8-9-24-11-13;/h1-2,5-6,8-9,11-12,15H,3-4,7,10,19H2,(H,20,23)(H,21,22);1H. The summed E-state index contributed by atoms with van der Waals surface area (Å²) in [6.07, 6.45) is 3.10. The maximum Gasteiger partial charge on any atom is 0.256 e. The number of hydrogen-bond acceptors (Lipinski definition) is 4. The fourth-order valence-electron chi connectivity index (χ4n) is 3.13. The Labute approximate surface area is 157 Å². The SMILES string of the molecule is Cl.NCC1CCCC1NC(=O)c1ccccc1NC(=O)c1ccsc1. The monoisotopic (exact) mass is 379 g/mol. The molecule has 1 aliphatic rings. The molecule has 1 saturated carbocycles.